The van der Waals surface area contributed by atoms with Crippen LogP contribution in [0.5, 0.6) is 23.4 Å². The normalized spacial score (nSPS) is 11.1. The predicted octanol–water partition coefficient (Wildman–Crippen LogP) is 2.72. The Morgan fingerprint density at radius 2 is 1.98 bits per heavy atom. The molecule has 18 heteroatoms. The van der Waals surface area contributed by atoms with Crippen molar-refractivity contribution in [1.29, 1.82) is 5.26 Å². The first-order valence-electron chi connectivity index (χ1n) is 13.0. The first-order valence-corrected chi connectivity index (χ1v) is 14.2. The number of hydrogen-bond acceptors (Lipinski definition) is 13. The van der Waals surface area contributed by atoms with Gasteiger partial charge >= 0.3 is 23.5 Å². The Morgan fingerprint density at radius 1 is 1.22 bits per heavy atom. The van der Waals surface area contributed by atoms with E-state index in [-0.39, 0.29) is 29.4 Å². The number of aromatic nitrogens is 4. The minimum Gasteiger partial charge on any atom is -0.479 e. The highest BCUT2D eigenvalue weighted by Gasteiger charge is 2.31. The van der Waals surface area contributed by atoms with E-state index >= 15 is 0 Å². The summed E-state index contributed by atoms with van der Waals surface area (Å²) in [5.74, 6) is -2.96. The van der Waals surface area contributed by atoms with E-state index in [0.717, 1.165) is 0 Å². The molecule has 1 amide bonds. The number of carboxylic acids is 1. The summed E-state index contributed by atoms with van der Waals surface area (Å²) in [5, 5.41) is 33.8. The fraction of sp³-hybridized carbons (Fsp3) is 0.179. The molecule has 4 rings (SSSR count). The smallest absolute Gasteiger partial charge is 0.373 e. The summed E-state index contributed by atoms with van der Waals surface area (Å²) < 4.78 is 34.2. The molecule has 0 bridgehead atoms. The topological polar surface area (TPSA) is 244 Å². The Balaban J connectivity index is 1.91. The van der Waals surface area contributed by atoms with Gasteiger partial charge in [-0.3, -0.25) is 14.9 Å². The number of amides is 1. The number of ether oxygens (including phenoxy) is 2. The molecule has 236 valence electrons. The first kappa shape index (κ1) is 32.6. The molecule has 0 aliphatic carbocycles. The molecule has 0 radical (unpaired) electrons. The number of imidazole rings is 1. The second-order valence-electron chi connectivity index (χ2n) is 9.69. The van der Waals surface area contributed by atoms with Crippen molar-refractivity contribution >= 4 is 39.0 Å². The number of carboxylic acid groups (broad SMARTS) is 1. The molecule has 1 unspecified atom stereocenters. The van der Waals surface area contributed by atoms with Crippen LogP contribution in [0.15, 0.2) is 48.8 Å². The number of aliphatic carboxylic acids is 1. The van der Waals surface area contributed by atoms with E-state index in [0.29, 0.717) is 27.9 Å². The summed E-state index contributed by atoms with van der Waals surface area (Å²) in [4.78, 5) is 52.2. The van der Waals surface area contributed by atoms with Crippen molar-refractivity contribution in [2.45, 2.75) is 19.4 Å². The number of hydrogen-bond donors (Lipinski definition) is 3. The average molecular weight is 649 g/mol. The maximum Gasteiger partial charge on any atom is 0.373 e. The third-order valence-corrected chi connectivity index (χ3v) is 6.64. The van der Waals surface area contributed by atoms with Gasteiger partial charge in [0.2, 0.25) is 22.0 Å². The number of nitrogens with zero attached hydrogens (tertiary/aromatic N) is 6. The predicted molar refractivity (Wildman–Crippen MR) is 161 cm³/mol. The van der Waals surface area contributed by atoms with Crippen molar-refractivity contribution in [2.24, 2.45) is 0 Å². The van der Waals surface area contributed by atoms with Gasteiger partial charge in [0.15, 0.2) is 6.04 Å². The van der Waals surface area contributed by atoms with Gasteiger partial charge in [-0.1, -0.05) is 6.07 Å². The SMILES string of the molecule is Cc1ccc(C#N)cc1Oc1nc(NC(C=S(=O)=O)C(=O)O)c([N+](=O)[O-])c(Oc2cc(CC(=O)N(C)C)cc(-c3ncc[nH]3)c2)n1. The van der Waals surface area contributed by atoms with Gasteiger partial charge in [0.25, 0.3) is 0 Å². The number of nitriles is 1. The molecule has 2 heterocycles. The summed E-state index contributed by atoms with van der Waals surface area (Å²) >= 11 is 0. The van der Waals surface area contributed by atoms with Crippen LogP contribution in [0.4, 0.5) is 11.5 Å². The maximum atomic E-state index is 12.5. The van der Waals surface area contributed by atoms with Crippen LogP contribution in [0, 0.1) is 28.4 Å². The molecule has 4 aromatic rings. The number of aryl methyl sites for hydroxylation is 1. The van der Waals surface area contributed by atoms with Crippen LogP contribution < -0.4 is 14.8 Å². The number of benzene rings is 2. The summed E-state index contributed by atoms with van der Waals surface area (Å²) in [6, 6.07) is 8.45. The number of carbonyl (C=O) groups is 2. The van der Waals surface area contributed by atoms with Gasteiger partial charge in [0.1, 0.15) is 17.3 Å². The third kappa shape index (κ3) is 7.97. The zero-order valence-electron chi connectivity index (χ0n) is 24.3. The number of rotatable bonds is 12. The summed E-state index contributed by atoms with van der Waals surface area (Å²) in [7, 11) is 0.175. The minimum absolute atomic E-state index is 0.0289. The van der Waals surface area contributed by atoms with Gasteiger partial charge in [-0.2, -0.15) is 23.6 Å². The highest BCUT2D eigenvalue weighted by molar-refractivity contribution is 7.71. The lowest BCUT2D eigenvalue weighted by atomic mass is 10.1. The summed E-state index contributed by atoms with van der Waals surface area (Å²) in [6.45, 7) is 1.65. The molecule has 2 aromatic heterocycles. The van der Waals surface area contributed by atoms with Crippen LogP contribution >= 0.6 is 0 Å². The highest BCUT2D eigenvalue weighted by atomic mass is 32.2. The Morgan fingerprint density at radius 3 is 2.59 bits per heavy atom. The van der Waals surface area contributed by atoms with E-state index in [9.17, 15) is 38.5 Å². The van der Waals surface area contributed by atoms with Crippen molar-refractivity contribution in [2.75, 3.05) is 19.4 Å². The Hall–Kier alpha value is -6.35. The second-order valence-corrected chi connectivity index (χ2v) is 10.5. The molecule has 0 saturated carbocycles. The van der Waals surface area contributed by atoms with Crippen molar-refractivity contribution in [3.63, 3.8) is 0 Å². The average Bonchev–Trinajstić information content (AvgIpc) is 3.52. The number of likely N-dealkylation sites (N-methyl/N-ethyl adjacent to an activating group) is 1. The molecule has 46 heavy (non-hydrogen) atoms. The number of H-pyrrole nitrogens is 1. The van der Waals surface area contributed by atoms with Gasteiger partial charge in [0, 0.05) is 32.1 Å². The molecule has 0 saturated heterocycles. The van der Waals surface area contributed by atoms with E-state index in [2.05, 4.69) is 25.3 Å². The van der Waals surface area contributed by atoms with Crippen molar-refractivity contribution < 1.29 is 37.5 Å². The van der Waals surface area contributed by atoms with Crippen molar-refractivity contribution in [1.82, 2.24) is 24.8 Å². The Kier molecular flexibility index (Phi) is 9.88. The van der Waals surface area contributed by atoms with Crippen LogP contribution in [-0.4, -0.2) is 80.7 Å². The number of nitro groups is 1. The molecular formula is C28H24N8O9S. The quantitative estimate of drug-likeness (QED) is 0.114. The lowest BCUT2D eigenvalue weighted by molar-refractivity contribution is -0.385. The van der Waals surface area contributed by atoms with Gasteiger partial charge in [-0.15, -0.1) is 0 Å². The third-order valence-electron chi connectivity index (χ3n) is 6.14. The zero-order valence-corrected chi connectivity index (χ0v) is 25.1. The Bertz CT molecular complexity index is 2000. The van der Waals surface area contributed by atoms with E-state index in [1.807, 2.05) is 6.07 Å². The Labute approximate surface area is 261 Å². The van der Waals surface area contributed by atoms with Gasteiger partial charge in [0.05, 0.1) is 28.3 Å². The molecule has 1 atom stereocenters. The fourth-order valence-corrected chi connectivity index (χ4v) is 4.32. The molecule has 0 spiro atoms. The standard InChI is InChI=1S/C28H24N8O9S/c1-15-4-5-16(13-29)10-21(15)45-28-33-25(32-20(27(38)39)14-46(42)43)23(36(40)41)26(34-28)44-19-9-17(11-22(37)35(2)3)8-18(12-19)24-30-6-7-31-24/h4-10,12,14,20H,11H2,1-3H3,(H,30,31)(H,38,39)(H,32,33,34). The molecule has 0 aliphatic heterocycles. The maximum absolute atomic E-state index is 12.5. The van der Waals surface area contributed by atoms with Gasteiger partial charge in [-0.25, -0.2) is 9.78 Å². The molecule has 0 fully saturated rings. The highest BCUT2D eigenvalue weighted by Crippen LogP contribution is 2.39. The minimum atomic E-state index is -2.98. The second kappa shape index (κ2) is 14.0. The van der Waals surface area contributed by atoms with E-state index in [1.54, 1.807) is 39.3 Å². The van der Waals surface area contributed by atoms with Crippen LogP contribution in [0.2, 0.25) is 0 Å². The van der Waals surface area contributed by atoms with Crippen molar-refractivity contribution in [3.8, 4) is 40.8 Å². The van der Waals surface area contributed by atoms with Crippen LogP contribution in [0.3, 0.4) is 0 Å². The molecule has 0 aliphatic rings. The first-order chi connectivity index (χ1) is 21.8. The number of carbonyl (C=O) groups excluding carboxylic acids is 1. The van der Waals surface area contributed by atoms with Crippen LogP contribution in [0.1, 0.15) is 16.7 Å². The van der Waals surface area contributed by atoms with Gasteiger partial charge in [-0.05, 0) is 48.4 Å². The summed E-state index contributed by atoms with van der Waals surface area (Å²) in [6.07, 6.45) is 3.00. The lowest BCUT2D eigenvalue weighted by Gasteiger charge is -2.15. The zero-order chi connectivity index (χ0) is 33.5. The number of nitrogens with one attached hydrogen (secondary N) is 2. The molecular weight excluding hydrogens is 624 g/mol. The number of aromatic amines is 1. The lowest BCUT2D eigenvalue weighted by Crippen LogP contribution is -2.32. The van der Waals surface area contributed by atoms with E-state index in [1.165, 1.54) is 35.4 Å². The van der Waals surface area contributed by atoms with Crippen LogP contribution in [0.25, 0.3) is 11.4 Å². The van der Waals surface area contributed by atoms with Crippen molar-refractivity contribution in [3.05, 3.63) is 75.6 Å². The van der Waals surface area contributed by atoms with Crippen LogP contribution in [-0.2, 0) is 26.3 Å². The fourth-order valence-electron chi connectivity index (χ4n) is 3.91. The largest absolute Gasteiger partial charge is 0.479 e. The molecule has 17 nitrogen and oxygen atoms in total. The van der Waals surface area contributed by atoms with E-state index < -0.39 is 50.6 Å². The summed E-state index contributed by atoms with van der Waals surface area (Å²) in [5.41, 5.74) is 0.693. The van der Waals surface area contributed by atoms with E-state index in [4.69, 9.17) is 9.47 Å². The monoisotopic (exact) mass is 648 g/mol. The molecule has 3 N–H and O–H groups in total. The molecule has 2 aromatic carbocycles. The number of anilines is 1. The van der Waals surface area contributed by atoms with Gasteiger partial charge < -0.3 is 29.8 Å².